The lowest BCUT2D eigenvalue weighted by Crippen LogP contribution is -2.37. The van der Waals surface area contributed by atoms with Crippen LogP contribution in [0, 0.1) is 0 Å². The smallest absolute Gasteiger partial charge is 0.192 e. The van der Waals surface area contributed by atoms with Crippen LogP contribution in [0.5, 0.6) is 0 Å². The van der Waals surface area contributed by atoms with Gasteiger partial charge in [0.15, 0.2) is 5.96 Å². The van der Waals surface area contributed by atoms with Gasteiger partial charge in [0.2, 0.25) is 0 Å². The second-order valence-corrected chi connectivity index (χ2v) is 5.63. The summed E-state index contributed by atoms with van der Waals surface area (Å²) < 4.78 is 0. The van der Waals surface area contributed by atoms with E-state index in [1.807, 2.05) is 0 Å². The third kappa shape index (κ3) is 2.29. The average molecular weight is 277 g/mol. The fourth-order valence-electron chi connectivity index (χ4n) is 3.31. The van der Waals surface area contributed by atoms with Crippen molar-refractivity contribution < 1.29 is 0 Å². The van der Waals surface area contributed by atoms with E-state index in [-0.39, 0.29) is 6.04 Å². The predicted octanol–water partition coefficient (Wildman–Crippen LogP) is 2.42. The van der Waals surface area contributed by atoms with Gasteiger partial charge in [-0.15, -0.1) is 0 Å². The van der Waals surface area contributed by atoms with Crippen LogP contribution >= 0.6 is 0 Å². The van der Waals surface area contributed by atoms with Crippen LogP contribution in [-0.4, -0.2) is 19.0 Å². The maximum absolute atomic E-state index is 4.50. The van der Waals surface area contributed by atoms with Crippen molar-refractivity contribution in [1.29, 1.82) is 0 Å². The summed E-state index contributed by atoms with van der Waals surface area (Å²) in [6.45, 7) is 1.79. The molecule has 0 fully saturated rings. The number of nitrogens with zero attached hydrogens (tertiary/aromatic N) is 1. The summed E-state index contributed by atoms with van der Waals surface area (Å²) in [6.07, 6.45) is 2.20. The van der Waals surface area contributed by atoms with Gasteiger partial charge in [-0.3, -0.25) is 4.99 Å². The number of benzene rings is 2. The Morgan fingerprint density at radius 2 is 1.52 bits per heavy atom. The number of aryl methyl sites for hydroxylation is 2. The quantitative estimate of drug-likeness (QED) is 0.840. The van der Waals surface area contributed by atoms with E-state index in [9.17, 15) is 0 Å². The number of aliphatic imine (C=N–C) groups is 1. The number of hydrogen-bond acceptors (Lipinski definition) is 3. The highest BCUT2D eigenvalue weighted by atomic mass is 15.2. The van der Waals surface area contributed by atoms with Gasteiger partial charge in [-0.2, -0.15) is 0 Å². The minimum Gasteiger partial charge on any atom is -0.355 e. The molecule has 3 nitrogen and oxygen atoms in total. The van der Waals surface area contributed by atoms with Crippen LogP contribution in [0.25, 0.3) is 0 Å². The van der Waals surface area contributed by atoms with Crippen LogP contribution in [-0.2, 0) is 12.8 Å². The number of guanidine groups is 1. The molecule has 21 heavy (non-hydrogen) atoms. The Kier molecular flexibility index (Phi) is 3.11. The summed E-state index contributed by atoms with van der Waals surface area (Å²) in [5.74, 6) is 0.923. The first kappa shape index (κ1) is 12.5. The van der Waals surface area contributed by atoms with Gasteiger partial charge in [-0.25, -0.2) is 0 Å². The highest BCUT2D eigenvalue weighted by Crippen LogP contribution is 2.32. The maximum atomic E-state index is 4.50. The Hall–Kier alpha value is -2.29. The Morgan fingerprint density at radius 1 is 0.905 bits per heavy atom. The van der Waals surface area contributed by atoms with Crippen molar-refractivity contribution in [2.45, 2.75) is 18.9 Å². The summed E-state index contributed by atoms with van der Waals surface area (Å²) in [6, 6.07) is 17.7. The fourth-order valence-corrected chi connectivity index (χ4v) is 3.31. The predicted molar refractivity (Wildman–Crippen MR) is 85.6 cm³/mol. The van der Waals surface area contributed by atoms with Gasteiger partial charge in [0.05, 0.1) is 12.6 Å². The third-order valence-corrected chi connectivity index (χ3v) is 4.35. The zero-order valence-corrected chi connectivity index (χ0v) is 12.0. The Balaban J connectivity index is 1.81. The van der Waals surface area contributed by atoms with Crippen LogP contribution < -0.4 is 10.6 Å². The number of rotatable bonds is 1. The van der Waals surface area contributed by atoms with E-state index < -0.39 is 0 Å². The monoisotopic (exact) mass is 277 g/mol. The molecule has 0 atom stereocenters. The van der Waals surface area contributed by atoms with Crippen LogP contribution in [0.2, 0.25) is 0 Å². The first-order valence-corrected chi connectivity index (χ1v) is 7.62. The molecule has 2 N–H and O–H groups in total. The van der Waals surface area contributed by atoms with Gasteiger partial charge in [0, 0.05) is 6.54 Å². The van der Waals surface area contributed by atoms with Crippen LogP contribution in [0.15, 0.2) is 53.5 Å². The maximum Gasteiger partial charge on any atom is 0.192 e. The zero-order chi connectivity index (χ0) is 14.1. The van der Waals surface area contributed by atoms with Crippen LogP contribution in [0.4, 0.5) is 0 Å². The summed E-state index contributed by atoms with van der Waals surface area (Å²) >= 11 is 0. The molecule has 2 aromatic carbocycles. The molecule has 1 aliphatic heterocycles. The van der Waals surface area contributed by atoms with E-state index in [1.165, 1.54) is 22.3 Å². The summed E-state index contributed by atoms with van der Waals surface area (Å²) in [5, 5.41) is 6.93. The Bertz CT molecular complexity index is 643. The molecule has 0 saturated heterocycles. The van der Waals surface area contributed by atoms with Gasteiger partial charge in [0.1, 0.15) is 0 Å². The van der Waals surface area contributed by atoms with Crippen molar-refractivity contribution in [3.63, 3.8) is 0 Å². The molecule has 0 amide bonds. The van der Waals surface area contributed by atoms with Crippen molar-refractivity contribution in [3.05, 3.63) is 70.8 Å². The van der Waals surface area contributed by atoms with Gasteiger partial charge in [-0.05, 0) is 35.1 Å². The molecule has 0 unspecified atom stereocenters. The summed E-state index contributed by atoms with van der Waals surface area (Å²) in [7, 11) is 0. The number of fused-ring (bicyclic) bond motifs is 2. The summed E-state index contributed by atoms with van der Waals surface area (Å²) in [4.78, 5) is 4.50. The zero-order valence-electron chi connectivity index (χ0n) is 12.0. The van der Waals surface area contributed by atoms with Crippen molar-refractivity contribution >= 4 is 5.96 Å². The molecule has 0 saturated carbocycles. The number of hydrogen-bond donors (Lipinski definition) is 2. The van der Waals surface area contributed by atoms with Crippen molar-refractivity contribution in [3.8, 4) is 0 Å². The van der Waals surface area contributed by atoms with Crippen LogP contribution in [0.3, 0.4) is 0 Å². The van der Waals surface area contributed by atoms with E-state index in [4.69, 9.17) is 0 Å². The number of nitrogens with one attached hydrogen (secondary N) is 2. The largest absolute Gasteiger partial charge is 0.355 e. The lowest BCUT2D eigenvalue weighted by molar-refractivity contribution is 0.739. The molecule has 1 heterocycles. The minimum absolute atomic E-state index is 0.184. The van der Waals surface area contributed by atoms with Gasteiger partial charge < -0.3 is 10.6 Å². The molecule has 0 spiro atoms. The molecule has 1 aliphatic carbocycles. The highest BCUT2D eigenvalue weighted by molar-refractivity contribution is 5.82. The molecule has 0 aromatic heterocycles. The molecule has 2 aliphatic rings. The molecular weight excluding hydrogens is 258 g/mol. The van der Waals surface area contributed by atoms with Gasteiger partial charge in [0.25, 0.3) is 0 Å². The molecule has 2 aromatic rings. The second-order valence-electron chi connectivity index (χ2n) is 5.63. The van der Waals surface area contributed by atoms with Gasteiger partial charge in [-0.1, -0.05) is 48.5 Å². The average Bonchev–Trinajstić information content (AvgIpc) is 2.99. The summed E-state index contributed by atoms with van der Waals surface area (Å²) in [5.41, 5.74) is 5.62. The first-order chi connectivity index (χ1) is 10.4. The van der Waals surface area contributed by atoms with Crippen LogP contribution in [0.1, 0.15) is 28.3 Å². The standard InChI is InChI=1S/C18H19N3/c1-3-7-15-13(5-1)9-10-14-6-2-4-8-16(14)17(15)21-18-19-11-12-20-18/h1-8,17H,9-12H2,(H2,19,20,21). The van der Waals surface area contributed by atoms with E-state index in [0.717, 1.165) is 31.9 Å². The third-order valence-electron chi connectivity index (χ3n) is 4.35. The minimum atomic E-state index is 0.184. The van der Waals surface area contributed by atoms with Gasteiger partial charge >= 0.3 is 0 Å². The Morgan fingerprint density at radius 3 is 2.10 bits per heavy atom. The molecule has 0 bridgehead atoms. The Labute approximate surface area is 125 Å². The lowest BCUT2D eigenvalue weighted by Gasteiger charge is -2.22. The second kappa shape index (κ2) is 5.24. The van der Waals surface area contributed by atoms with Crippen molar-refractivity contribution in [2.24, 2.45) is 4.99 Å². The normalized spacial score (nSPS) is 17.2. The topological polar surface area (TPSA) is 36.4 Å². The van der Waals surface area contributed by atoms with E-state index in [1.54, 1.807) is 0 Å². The highest BCUT2D eigenvalue weighted by Gasteiger charge is 2.24. The molecule has 4 rings (SSSR count). The SMILES string of the molecule is c1ccc2c(c1)CCc1ccccc1C2NC1=NCCN1. The lowest BCUT2D eigenvalue weighted by atomic mass is 9.95. The van der Waals surface area contributed by atoms with Crippen molar-refractivity contribution in [2.75, 3.05) is 13.1 Å². The fraction of sp³-hybridized carbons (Fsp3) is 0.278. The molecule has 106 valence electrons. The molecular formula is C18H19N3. The molecule has 3 heteroatoms. The molecule has 0 radical (unpaired) electrons. The van der Waals surface area contributed by atoms with Crippen molar-refractivity contribution in [1.82, 2.24) is 10.6 Å². The first-order valence-electron chi connectivity index (χ1n) is 7.62. The van der Waals surface area contributed by atoms with E-state index in [0.29, 0.717) is 0 Å². The van der Waals surface area contributed by atoms with E-state index in [2.05, 4.69) is 64.2 Å². The van der Waals surface area contributed by atoms with E-state index >= 15 is 0 Å².